The third-order valence-electron chi connectivity index (χ3n) is 5.21. The SMILES string of the molecule is Nc1ccn([C@@H]2O[C@H](COP(=O)([O-])OP(=O)([O-])OC[C@H]3O[C@](O)(CO)[C@@H](O)[C@@H]3O)[C@@H](O)[C@H]2O)c(=O)n1. The van der Waals surface area contributed by atoms with Crippen molar-refractivity contribution in [3.8, 4) is 0 Å². The quantitative estimate of drug-likeness (QED) is 0.130. The minimum absolute atomic E-state index is 0.132. The maximum atomic E-state index is 12.0. The highest BCUT2D eigenvalue weighted by Gasteiger charge is 2.53. The number of aliphatic hydroxyl groups excluding tert-OH is 5. The van der Waals surface area contributed by atoms with Crippen molar-refractivity contribution in [3.05, 3.63) is 22.7 Å². The van der Waals surface area contributed by atoms with E-state index < -0.39 is 89.8 Å². The first-order valence-electron chi connectivity index (χ1n) is 9.95. The lowest BCUT2D eigenvalue weighted by atomic mass is 10.1. The van der Waals surface area contributed by atoms with Crippen LogP contribution < -0.4 is 21.2 Å². The average molecular weight is 563 g/mol. The van der Waals surface area contributed by atoms with Gasteiger partial charge in [0, 0.05) is 6.20 Å². The molecule has 10 atom stereocenters. The van der Waals surface area contributed by atoms with Crippen LogP contribution in [0.4, 0.5) is 5.82 Å². The maximum Gasteiger partial charge on any atom is 0.351 e. The summed E-state index contributed by atoms with van der Waals surface area (Å²) in [4.78, 5) is 39.2. The minimum Gasteiger partial charge on any atom is -0.756 e. The number of ether oxygens (including phenoxy) is 2. The molecule has 19 nitrogen and oxygen atoms in total. The number of anilines is 1. The highest BCUT2D eigenvalue weighted by atomic mass is 31.3. The van der Waals surface area contributed by atoms with E-state index in [1.165, 1.54) is 6.07 Å². The van der Waals surface area contributed by atoms with Crippen molar-refractivity contribution in [3.63, 3.8) is 0 Å². The van der Waals surface area contributed by atoms with Crippen molar-refractivity contribution in [2.45, 2.75) is 48.6 Å². The number of rotatable bonds is 10. The summed E-state index contributed by atoms with van der Waals surface area (Å²) in [5.41, 5.74) is 4.41. The monoisotopic (exact) mass is 563 g/mol. The van der Waals surface area contributed by atoms with E-state index in [1.807, 2.05) is 0 Å². The van der Waals surface area contributed by atoms with Crippen molar-refractivity contribution in [1.82, 2.24) is 9.55 Å². The topological polar surface area (TPSA) is 309 Å². The molecular formula is C15H23N3O16P2-2. The molecule has 3 heterocycles. The Morgan fingerprint density at radius 2 is 1.67 bits per heavy atom. The number of nitrogen functional groups attached to an aromatic ring is 1. The molecule has 0 aliphatic carbocycles. The summed E-state index contributed by atoms with van der Waals surface area (Å²) in [6, 6.07) is 1.19. The van der Waals surface area contributed by atoms with Gasteiger partial charge in [0.05, 0.1) is 19.8 Å². The van der Waals surface area contributed by atoms with Gasteiger partial charge in [0.25, 0.3) is 15.6 Å². The van der Waals surface area contributed by atoms with Gasteiger partial charge in [-0.2, -0.15) is 4.98 Å². The molecule has 0 aromatic carbocycles. The Morgan fingerprint density at radius 1 is 1.08 bits per heavy atom. The molecule has 2 aliphatic heterocycles. The van der Waals surface area contributed by atoms with E-state index in [2.05, 4.69) is 18.3 Å². The lowest BCUT2D eigenvalue weighted by Gasteiger charge is -2.32. The molecule has 0 spiro atoms. The molecule has 0 radical (unpaired) electrons. The fourth-order valence-corrected chi connectivity index (χ4v) is 5.37. The first-order valence-corrected chi connectivity index (χ1v) is 12.9. The summed E-state index contributed by atoms with van der Waals surface area (Å²) in [6.45, 7) is -3.36. The number of aromatic nitrogens is 2. The predicted molar refractivity (Wildman–Crippen MR) is 106 cm³/mol. The molecule has 21 heteroatoms. The third kappa shape index (κ3) is 6.36. The van der Waals surface area contributed by atoms with Crippen LogP contribution in [-0.2, 0) is 32.0 Å². The molecule has 206 valence electrons. The molecule has 2 unspecified atom stereocenters. The van der Waals surface area contributed by atoms with Crippen molar-refractivity contribution in [2.75, 3.05) is 25.6 Å². The van der Waals surface area contributed by atoms with Crippen molar-refractivity contribution in [1.29, 1.82) is 0 Å². The second kappa shape index (κ2) is 10.8. The summed E-state index contributed by atoms with van der Waals surface area (Å²) in [5, 5.41) is 58.4. The smallest absolute Gasteiger partial charge is 0.351 e. The van der Waals surface area contributed by atoms with Crippen LogP contribution in [-0.4, -0.2) is 102 Å². The van der Waals surface area contributed by atoms with E-state index in [1.54, 1.807) is 0 Å². The lowest BCUT2D eigenvalue weighted by molar-refractivity contribution is -0.257. The number of hydrogen-bond donors (Lipinski definition) is 7. The molecule has 2 saturated heterocycles. The van der Waals surface area contributed by atoms with Crippen LogP contribution in [0.25, 0.3) is 0 Å². The Labute approximate surface area is 201 Å². The number of phosphoric ester groups is 2. The second-order valence-electron chi connectivity index (χ2n) is 7.75. The highest BCUT2D eigenvalue weighted by Crippen LogP contribution is 2.56. The zero-order valence-electron chi connectivity index (χ0n) is 17.9. The molecule has 1 aromatic rings. The summed E-state index contributed by atoms with van der Waals surface area (Å²) in [6.07, 6.45) is -11.2. The molecule has 1 aromatic heterocycles. The van der Waals surface area contributed by atoms with E-state index in [0.717, 1.165) is 10.8 Å². The van der Waals surface area contributed by atoms with Crippen LogP contribution in [0.15, 0.2) is 17.1 Å². The van der Waals surface area contributed by atoms with Gasteiger partial charge in [-0.15, -0.1) is 0 Å². The molecular weight excluding hydrogens is 540 g/mol. The number of hydrogen-bond acceptors (Lipinski definition) is 18. The van der Waals surface area contributed by atoms with E-state index in [9.17, 15) is 49.2 Å². The number of aliphatic hydroxyl groups is 6. The molecule has 2 aliphatic rings. The van der Waals surface area contributed by atoms with E-state index in [4.69, 9.17) is 20.3 Å². The normalized spacial score (nSPS) is 38.1. The van der Waals surface area contributed by atoms with Gasteiger partial charge in [0.1, 0.15) is 42.4 Å². The average Bonchev–Trinajstić information content (AvgIpc) is 3.18. The van der Waals surface area contributed by atoms with Gasteiger partial charge in [-0.25, -0.2) is 9.11 Å². The molecule has 36 heavy (non-hydrogen) atoms. The maximum absolute atomic E-state index is 12.0. The van der Waals surface area contributed by atoms with Crippen LogP contribution in [0.3, 0.4) is 0 Å². The summed E-state index contributed by atoms with van der Waals surface area (Å²) in [7, 11) is -11.4. The van der Waals surface area contributed by atoms with Crippen LogP contribution in [0.5, 0.6) is 0 Å². The van der Waals surface area contributed by atoms with Crippen molar-refractivity contribution >= 4 is 21.5 Å². The van der Waals surface area contributed by atoms with Gasteiger partial charge in [-0.1, -0.05) is 0 Å². The minimum atomic E-state index is -5.71. The Hall–Kier alpha value is -1.38. The lowest BCUT2D eigenvalue weighted by Crippen LogP contribution is -2.46. The fourth-order valence-electron chi connectivity index (χ4n) is 3.35. The highest BCUT2D eigenvalue weighted by molar-refractivity contribution is 7.59. The Balaban J connectivity index is 1.55. The molecule has 0 amide bonds. The number of phosphoric acid groups is 2. The van der Waals surface area contributed by atoms with Crippen LogP contribution in [0.1, 0.15) is 6.23 Å². The predicted octanol–water partition coefficient (Wildman–Crippen LogP) is -5.77. The van der Waals surface area contributed by atoms with E-state index >= 15 is 0 Å². The Morgan fingerprint density at radius 3 is 2.19 bits per heavy atom. The van der Waals surface area contributed by atoms with Gasteiger partial charge in [-0.3, -0.25) is 13.7 Å². The number of nitrogens with zero attached hydrogens (tertiary/aromatic N) is 2. The van der Waals surface area contributed by atoms with Crippen molar-refractivity contribution < 1.29 is 72.4 Å². The molecule has 3 rings (SSSR count). The zero-order valence-corrected chi connectivity index (χ0v) is 19.7. The Kier molecular flexibility index (Phi) is 8.73. The van der Waals surface area contributed by atoms with Gasteiger partial charge in [0.2, 0.25) is 5.79 Å². The molecule has 2 fully saturated rings. The van der Waals surface area contributed by atoms with E-state index in [-0.39, 0.29) is 5.82 Å². The fraction of sp³-hybridized carbons (Fsp3) is 0.733. The van der Waals surface area contributed by atoms with Crippen LogP contribution in [0.2, 0.25) is 0 Å². The van der Waals surface area contributed by atoms with Crippen molar-refractivity contribution in [2.24, 2.45) is 0 Å². The third-order valence-corrected chi connectivity index (χ3v) is 7.74. The number of nitrogens with two attached hydrogens (primary N) is 1. The largest absolute Gasteiger partial charge is 0.756 e. The first kappa shape index (κ1) is 29.2. The van der Waals surface area contributed by atoms with Gasteiger partial charge in [0.15, 0.2) is 6.23 Å². The Bertz CT molecular complexity index is 1090. The molecule has 8 N–H and O–H groups in total. The van der Waals surface area contributed by atoms with Gasteiger partial charge >= 0.3 is 5.69 Å². The zero-order chi connectivity index (χ0) is 27.1. The van der Waals surface area contributed by atoms with Gasteiger partial charge < -0.3 is 64.7 Å². The summed E-state index contributed by atoms with van der Waals surface area (Å²) < 4.78 is 47.1. The summed E-state index contributed by atoms with van der Waals surface area (Å²) >= 11 is 0. The van der Waals surface area contributed by atoms with E-state index in [0.29, 0.717) is 0 Å². The molecule has 0 saturated carbocycles. The first-order chi connectivity index (χ1) is 16.6. The summed E-state index contributed by atoms with van der Waals surface area (Å²) in [5.74, 6) is -2.75. The second-order valence-corrected chi connectivity index (χ2v) is 10.7. The van der Waals surface area contributed by atoms with Gasteiger partial charge in [-0.05, 0) is 6.07 Å². The van der Waals surface area contributed by atoms with Crippen LogP contribution in [0, 0.1) is 0 Å². The van der Waals surface area contributed by atoms with Crippen LogP contribution >= 0.6 is 15.6 Å². The molecule has 0 bridgehead atoms. The standard InChI is InChI=1S/C15H25N3O16P2/c16-8-1-2-18(14(24)17-8)13-11(22)9(20)6(32-13)3-30-35(26,27)34-36(28,29)31-4-7-10(21)12(23)15(25,5-19)33-7/h1-2,6-7,9-13,19-23,25H,3-5H2,(H,26,27)(H,28,29)(H2,16,17,24)/p-2/t6-,7-,9-,10-,11-,12+,13-,15-/m1/s1.